The largest absolute Gasteiger partial charge is 0.354 e. The normalized spacial score (nSPS) is 20.7. The van der Waals surface area contributed by atoms with Crippen LogP contribution in [0.2, 0.25) is 0 Å². The van der Waals surface area contributed by atoms with Crippen LogP contribution in [-0.4, -0.2) is 28.3 Å². The van der Waals surface area contributed by atoms with Crippen LogP contribution in [0.5, 0.6) is 0 Å². The molecule has 15 heavy (non-hydrogen) atoms. The average Bonchev–Trinajstić information content (AvgIpc) is 2.70. The van der Waals surface area contributed by atoms with Gasteiger partial charge < -0.3 is 10.6 Å². The third kappa shape index (κ3) is 2.36. The molecular weight excluding hydrogens is 192 g/mol. The fourth-order valence-electron chi connectivity index (χ4n) is 1.83. The first kappa shape index (κ1) is 10.2. The van der Waals surface area contributed by atoms with Gasteiger partial charge in [0.05, 0.1) is 11.4 Å². The number of rotatable bonds is 3. The molecule has 1 saturated heterocycles. The molecule has 5 heteroatoms. The molecule has 0 saturated carbocycles. The molecule has 1 aromatic rings. The van der Waals surface area contributed by atoms with Crippen molar-refractivity contribution < 1.29 is 4.79 Å². The van der Waals surface area contributed by atoms with Crippen molar-refractivity contribution >= 4 is 5.91 Å². The fraction of sp³-hybridized carbons (Fsp3) is 0.600. The molecule has 1 aliphatic rings. The standard InChI is InChI=1S/C10H16N4O/c1-7-3-9(14(2)13-7)6-11-8-4-10(15)12-5-8/h3,8,11H,4-6H2,1-2H3,(H,12,15). The number of nitrogens with one attached hydrogen (secondary N) is 2. The van der Waals surface area contributed by atoms with Crippen molar-refractivity contribution in [3.63, 3.8) is 0 Å². The molecule has 0 bridgehead atoms. The molecule has 0 radical (unpaired) electrons. The second-order valence-electron chi connectivity index (χ2n) is 3.99. The molecular formula is C10H16N4O. The molecule has 1 atom stereocenters. The summed E-state index contributed by atoms with van der Waals surface area (Å²) in [6.07, 6.45) is 0.580. The summed E-state index contributed by atoms with van der Waals surface area (Å²) < 4.78 is 1.87. The number of aromatic nitrogens is 2. The summed E-state index contributed by atoms with van der Waals surface area (Å²) >= 11 is 0. The summed E-state index contributed by atoms with van der Waals surface area (Å²) in [5.41, 5.74) is 2.17. The first-order valence-corrected chi connectivity index (χ1v) is 5.15. The van der Waals surface area contributed by atoms with Gasteiger partial charge >= 0.3 is 0 Å². The molecule has 0 aliphatic carbocycles. The van der Waals surface area contributed by atoms with Gasteiger partial charge in [0, 0.05) is 32.6 Å². The Morgan fingerprint density at radius 3 is 3.07 bits per heavy atom. The van der Waals surface area contributed by atoms with Gasteiger partial charge in [-0.3, -0.25) is 9.48 Å². The lowest BCUT2D eigenvalue weighted by Gasteiger charge is -2.09. The molecule has 2 rings (SSSR count). The minimum absolute atomic E-state index is 0.133. The number of hydrogen-bond donors (Lipinski definition) is 2. The van der Waals surface area contributed by atoms with Crippen molar-refractivity contribution in [2.24, 2.45) is 7.05 Å². The molecule has 5 nitrogen and oxygen atoms in total. The van der Waals surface area contributed by atoms with E-state index in [1.165, 1.54) is 0 Å². The molecule has 2 N–H and O–H groups in total. The minimum atomic E-state index is 0.133. The molecule has 2 heterocycles. The highest BCUT2D eigenvalue weighted by atomic mass is 16.1. The van der Waals surface area contributed by atoms with Crippen LogP contribution in [0.3, 0.4) is 0 Å². The van der Waals surface area contributed by atoms with E-state index >= 15 is 0 Å². The summed E-state index contributed by atoms with van der Waals surface area (Å²) in [7, 11) is 1.93. The quantitative estimate of drug-likeness (QED) is 0.717. The van der Waals surface area contributed by atoms with E-state index in [2.05, 4.69) is 21.8 Å². The van der Waals surface area contributed by atoms with Crippen molar-refractivity contribution in [2.75, 3.05) is 6.54 Å². The summed E-state index contributed by atoms with van der Waals surface area (Å²) in [6.45, 7) is 3.47. The van der Waals surface area contributed by atoms with Crippen LogP contribution in [0.15, 0.2) is 6.07 Å². The molecule has 0 aromatic carbocycles. The second-order valence-corrected chi connectivity index (χ2v) is 3.99. The number of carbonyl (C=O) groups excluding carboxylic acids is 1. The molecule has 1 unspecified atom stereocenters. The van der Waals surface area contributed by atoms with Crippen LogP contribution >= 0.6 is 0 Å². The van der Waals surface area contributed by atoms with E-state index in [0.29, 0.717) is 6.42 Å². The zero-order valence-electron chi connectivity index (χ0n) is 9.08. The van der Waals surface area contributed by atoms with Gasteiger partial charge in [-0.1, -0.05) is 0 Å². The molecule has 1 aromatic heterocycles. The second kappa shape index (κ2) is 4.02. The summed E-state index contributed by atoms with van der Waals surface area (Å²) in [4.78, 5) is 11.0. The Morgan fingerprint density at radius 2 is 2.53 bits per heavy atom. The average molecular weight is 208 g/mol. The predicted octanol–water partition coefficient (Wildman–Crippen LogP) is -0.293. The van der Waals surface area contributed by atoms with Crippen LogP contribution in [0.1, 0.15) is 17.8 Å². The predicted molar refractivity (Wildman–Crippen MR) is 56.2 cm³/mol. The first-order chi connectivity index (χ1) is 7.15. The smallest absolute Gasteiger partial charge is 0.221 e. The Morgan fingerprint density at radius 1 is 1.73 bits per heavy atom. The van der Waals surface area contributed by atoms with Crippen molar-refractivity contribution in [1.82, 2.24) is 20.4 Å². The zero-order valence-corrected chi connectivity index (χ0v) is 9.08. The number of carbonyl (C=O) groups is 1. The van der Waals surface area contributed by atoms with Crippen molar-refractivity contribution in [1.29, 1.82) is 0 Å². The van der Waals surface area contributed by atoms with Gasteiger partial charge in [-0.2, -0.15) is 5.10 Å². The van der Waals surface area contributed by atoms with Gasteiger partial charge in [0.1, 0.15) is 0 Å². The van der Waals surface area contributed by atoms with E-state index in [0.717, 1.165) is 24.5 Å². The molecule has 82 valence electrons. The van der Waals surface area contributed by atoms with Gasteiger partial charge in [0.25, 0.3) is 0 Å². The molecule has 1 aliphatic heterocycles. The highest BCUT2D eigenvalue weighted by Gasteiger charge is 2.20. The summed E-state index contributed by atoms with van der Waals surface area (Å²) in [5, 5.41) is 10.4. The van der Waals surface area contributed by atoms with Crippen LogP contribution in [0.4, 0.5) is 0 Å². The number of hydrogen-bond acceptors (Lipinski definition) is 3. The summed E-state index contributed by atoms with van der Waals surface area (Å²) in [6, 6.07) is 2.31. The Labute approximate surface area is 88.8 Å². The van der Waals surface area contributed by atoms with Crippen molar-refractivity contribution in [3.05, 3.63) is 17.5 Å². The van der Waals surface area contributed by atoms with Gasteiger partial charge in [0.2, 0.25) is 5.91 Å². The van der Waals surface area contributed by atoms with E-state index in [9.17, 15) is 4.79 Å². The lowest BCUT2D eigenvalue weighted by Crippen LogP contribution is -2.31. The molecule has 0 spiro atoms. The maximum absolute atomic E-state index is 11.0. The van der Waals surface area contributed by atoms with E-state index < -0.39 is 0 Å². The SMILES string of the molecule is Cc1cc(CNC2CNC(=O)C2)n(C)n1. The monoisotopic (exact) mass is 208 g/mol. The number of amides is 1. The Kier molecular flexibility index (Phi) is 2.73. The van der Waals surface area contributed by atoms with E-state index in [1.54, 1.807) is 0 Å². The maximum Gasteiger partial charge on any atom is 0.221 e. The third-order valence-electron chi connectivity index (χ3n) is 2.65. The highest BCUT2D eigenvalue weighted by molar-refractivity contribution is 5.78. The maximum atomic E-state index is 11.0. The first-order valence-electron chi connectivity index (χ1n) is 5.15. The van der Waals surface area contributed by atoms with Gasteiger partial charge in [0.15, 0.2) is 0 Å². The van der Waals surface area contributed by atoms with E-state index in [1.807, 2.05) is 18.7 Å². The third-order valence-corrected chi connectivity index (χ3v) is 2.65. The van der Waals surface area contributed by atoms with Crippen molar-refractivity contribution in [2.45, 2.75) is 25.9 Å². The van der Waals surface area contributed by atoms with Crippen LogP contribution < -0.4 is 10.6 Å². The zero-order chi connectivity index (χ0) is 10.8. The minimum Gasteiger partial charge on any atom is -0.354 e. The van der Waals surface area contributed by atoms with E-state index in [-0.39, 0.29) is 11.9 Å². The Bertz CT molecular complexity index is 371. The highest BCUT2D eigenvalue weighted by Crippen LogP contribution is 2.04. The van der Waals surface area contributed by atoms with Crippen LogP contribution in [-0.2, 0) is 18.4 Å². The number of aryl methyl sites for hydroxylation is 2. The Balaban J connectivity index is 1.88. The lowest BCUT2D eigenvalue weighted by atomic mass is 10.2. The topological polar surface area (TPSA) is 58.9 Å². The Hall–Kier alpha value is -1.36. The van der Waals surface area contributed by atoms with Crippen molar-refractivity contribution in [3.8, 4) is 0 Å². The molecule has 1 fully saturated rings. The van der Waals surface area contributed by atoms with Crippen LogP contribution in [0, 0.1) is 6.92 Å². The summed E-state index contributed by atoms with van der Waals surface area (Å²) in [5.74, 6) is 0.133. The van der Waals surface area contributed by atoms with E-state index in [4.69, 9.17) is 0 Å². The van der Waals surface area contributed by atoms with Gasteiger partial charge in [-0.05, 0) is 13.0 Å². The van der Waals surface area contributed by atoms with Gasteiger partial charge in [-0.15, -0.1) is 0 Å². The molecule has 1 amide bonds. The lowest BCUT2D eigenvalue weighted by molar-refractivity contribution is -0.119. The van der Waals surface area contributed by atoms with Crippen LogP contribution in [0.25, 0.3) is 0 Å². The van der Waals surface area contributed by atoms with Gasteiger partial charge in [-0.25, -0.2) is 0 Å². The number of nitrogens with zero attached hydrogens (tertiary/aromatic N) is 2. The fourth-order valence-corrected chi connectivity index (χ4v) is 1.83.